The largest absolute Gasteiger partial charge is 0.330 e. The summed E-state index contributed by atoms with van der Waals surface area (Å²) in [5, 5.41) is 0.888. The van der Waals surface area contributed by atoms with Gasteiger partial charge in [-0.1, -0.05) is 29.3 Å². The molecule has 17 heavy (non-hydrogen) atoms. The SMILES string of the molecule is NCCCCS(=O)(=O)Cc1ccc(Cl)cc1Cl. The molecule has 0 saturated heterocycles. The normalized spacial score (nSPS) is 11.7. The number of unbranched alkanes of at least 4 members (excludes halogenated alkanes) is 1. The minimum absolute atomic E-state index is 0.0480. The smallest absolute Gasteiger partial charge is 0.154 e. The number of hydrogen-bond acceptors (Lipinski definition) is 3. The Kier molecular flexibility index (Phi) is 5.73. The van der Waals surface area contributed by atoms with Gasteiger partial charge < -0.3 is 5.73 Å². The lowest BCUT2D eigenvalue weighted by molar-refractivity contribution is 0.591. The van der Waals surface area contributed by atoms with E-state index in [1.807, 2.05) is 0 Å². The molecule has 0 saturated carbocycles. The average molecular weight is 296 g/mol. The summed E-state index contributed by atoms with van der Waals surface area (Å²) in [7, 11) is -3.13. The molecule has 2 N–H and O–H groups in total. The first-order chi connectivity index (χ1) is 7.94. The van der Waals surface area contributed by atoms with Crippen LogP contribution in [-0.4, -0.2) is 20.7 Å². The van der Waals surface area contributed by atoms with Gasteiger partial charge in [-0.05, 0) is 37.1 Å². The van der Waals surface area contributed by atoms with Gasteiger partial charge in [-0.3, -0.25) is 0 Å². The van der Waals surface area contributed by atoms with Crippen molar-refractivity contribution in [3.8, 4) is 0 Å². The zero-order valence-electron chi connectivity index (χ0n) is 9.33. The summed E-state index contributed by atoms with van der Waals surface area (Å²) in [6.45, 7) is 0.511. The van der Waals surface area contributed by atoms with Crippen LogP contribution in [0.1, 0.15) is 18.4 Å². The highest BCUT2D eigenvalue weighted by atomic mass is 35.5. The first kappa shape index (κ1) is 14.8. The van der Waals surface area contributed by atoms with E-state index in [4.69, 9.17) is 28.9 Å². The number of hydrogen-bond donors (Lipinski definition) is 1. The lowest BCUT2D eigenvalue weighted by atomic mass is 10.2. The topological polar surface area (TPSA) is 60.2 Å². The van der Waals surface area contributed by atoms with Gasteiger partial charge in [0.15, 0.2) is 9.84 Å². The summed E-state index contributed by atoms with van der Waals surface area (Å²) in [4.78, 5) is 0. The van der Waals surface area contributed by atoms with Gasteiger partial charge in [0.1, 0.15) is 0 Å². The van der Waals surface area contributed by atoms with Gasteiger partial charge in [0.05, 0.1) is 11.5 Å². The van der Waals surface area contributed by atoms with Crippen LogP contribution in [0.25, 0.3) is 0 Å². The van der Waals surface area contributed by atoms with E-state index >= 15 is 0 Å². The molecule has 0 amide bonds. The number of rotatable bonds is 6. The van der Waals surface area contributed by atoms with Crippen molar-refractivity contribution in [1.29, 1.82) is 0 Å². The molecule has 1 aromatic rings. The summed E-state index contributed by atoms with van der Waals surface area (Å²) in [5.74, 6) is 0.0940. The van der Waals surface area contributed by atoms with Crippen LogP contribution in [0.3, 0.4) is 0 Å². The first-order valence-electron chi connectivity index (χ1n) is 5.29. The van der Waals surface area contributed by atoms with Gasteiger partial charge in [-0.25, -0.2) is 8.42 Å². The highest BCUT2D eigenvalue weighted by Crippen LogP contribution is 2.23. The Balaban J connectivity index is 2.69. The maximum Gasteiger partial charge on any atom is 0.154 e. The highest BCUT2D eigenvalue weighted by molar-refractivity contribution is 7.90. The molecule has 1 aromatic carbocycles. The third-order valence-electron chi connectivity index (χ3n) is 2.30. The van der Waals surface area contributed by atoms with E-state index in [2.05, 4.69) is 0 Å². The van der Waals surface area contributed by atoms with Crippen LogP contribution in [-0.2, 0) is 15.6 Å². The van der Waals surface area contributed by atoms with Crippen LogP contribution in [0.4, 0.5) is 0 Å². The molecule has 0 radical (unpaired) electrons. The Morgan fingerprint density at radius 3 is 2.47 bits per heavy atom. The molecule has 0 atom stereocenters. The van der Waals surface area contributed by atoms with Crippen LogP contribution >= 0.6 is 23.2 Å². The Bertz CT molecular complexity index is 474. The molecule has 6 heteroatoms. The molecule has 0 aromatic heterocycles. The van der Waals surface area contributed by atoms with Crippen molar-refractivity contribution in [1.82, 2.24) is 0 Å². The Hall–Kier alpha value is -0.290. The first-order valence-corrected chi connectivity index (χ1v) is 7.87. The van der Waals surface area contributed by atoms with Gasteiger partial charge in [-0.2, -0.15) is 0 Å². The van der Waals surface area contributed by atoms with E-state index in [1.165, 1.54) is 0 Å². The fourth-order valence-corrected chi connectivity index (χ4v) is 3.48. The molecule has 0 spiro atoms. The zero-order chi connectivity index (χ0) is 12.9. The van der Waals surface area contributed by atoms with E-state index in [1.54, 1.807) is 18.2 Å². The second-order valence-electron chi connectivity index (χ2n) is 3.82. The van der Waals surface area contributed by atoms with E-state index in [9.17, 15) is 8.42 Å². The predicted molar refractivity (Wildman–Crippen MR) is 72.2 cm³/mol. The van der Waals surface area contributed by atoms with Crippen molar-refractivity contribution in [2.24, 2.45) is 5.73 Å². The van der Waals surface area contributed by atoms with Gasteiger partial charge in [0, 0.05) is 10.0 Å². The molecular formula is C11H15Cl2NO2S. The number of nitrogens with two attached hydrogens (primary N) is 1. The maximum atomic E-state index is 11.8. The molecule has 1 rings (SSSR count). The number of benzene rings is 1. The van der Waals surface area contributed by atoms with Crippen molar-refractivity contribution in [3.05, 3.63) is 33.8 Å². The molecule has 0 aliphatic rings. The van der Waals surface area contributed by atoms with Crippen LogP contribution in [0.15, 0.2) is 18.2 Å². The Morgan fingerprint density at radius 1 is 1.18 bits per heavy atom. The van der Waals surface area contributed by atoms with Crippen LogP contribution < -0.4 is 5.73 Å². The van der Waals surface area contributed by atoms with Crippen molar-refractivity contribution >= 4 is 33.0 Å². The van der Waals surface area contributed by atoms with E-state index in [-0.39, 0.29) is 11.5 Å². The van der Waals surface area contributed by atoms with Gasteiger partial charge >= 0.3 is 0 Å². The summed E-state index contributed by atoms with van der Waals surface area (Å²) >= 11 is 11.7. The molecule has 0 unspecified atom stereocenters. The monoisotopic (exact) mass is 295 g/mol. The molecular weight excluding hydrogens is 281 g/mol. The van der Waals surface area contributed by atoms with E-state index in [0.717, 1.165) is 0 Å². The lowest BCUT2D eigenvalue weighted by Crippen LogP contribution is -2.11. The minimum atomic E-state index is -3.13. The Morgan fingerprint density at radius 2 is 1.88 bits per heavy atom. The zero-order valence-corrected chi connectivity index (χ0v) is 11.7. The molecule has 0 aliphatic heterocycles. The van der Waals surface area contributed by atoms with Crippen molar-refractivity contribution < 1.29 is 8.42 Å². The number of halogens is 2. The van der Waals surface area contributed by atoms with Gasteiger partial charge in [0.25, 0.3) is 0 Å². The lowest BCUT2D eigenvalue weighted by Gasteiger charge is -2.06. The summed E-state index contributed by atoms with van der Waals surface area (Å²) < 4.78 is 23.6. The second kappa shape index (κ2) is 6.59. The number of sulfone groups is 1. The average Bonchev–Trinajstić information content (AvgIpc) is 2.22. The summed E-state index contributed by atoms with van der Waals surface area (Å²) in [5.41, 5.74) is 5.91. The molecule has 0 aliphatic carbocycles. The fraction of sp³-hybridized carbons (Fsp3) is 0.455. The second-order valence-corrected chi connectivity index (χ2v) is 6.85. The summed E-state index contributed by atoms with van der Waals surface area (Å²) in [6.07, 6.45) is 1.30. The highest BCUT2D eigenvalue weighted by Gasteiger charge is 2.13. The molecule has 96 valence electrons. The minimum Gasteiger partial charge on any atom is -0.330 e. The van der Waals surface area contributed by atoms with Crippen LogP contribution in [0.2, 0.25) is 10.0 Å². The van der Waals surface area contributed by atoms with E-state index < -0.39 is 9.84 Å². The van der Waals surface area contributed by atoms with E-state index in [0.29, 0.717) is 35.0 Å². The van der Waals surface area contributed by atoms with Crippen molar-refractivity contribution in [2.45, 2.75) is 18.6 Å². The van der Waals surface area contributed by atoms with Crippen molar-refractivity contribution in [3.63, 3.8) is 0 Å². The van der Waals surface area contributed by atoms with Gasteiger partial charge in [-0.15, -0.1) is 0 Å². The van der Waals surface area contributed by atoms with Crippen molar-refractivity contribution in [2.75, 3.05) is 12.3 Å². The quantitative estimate of drug-likeness (QED) is 0.821. The molecule has 3 nitrogen and oxygen atoms in total. The maximum absolute atomic E-state index is 11.8. The molecule has 0 fully saturated rings. The Labute approximate surface area is 112 Å². The molecule has 0 bridgehead atoms. The third kappa shape index (κ3) is 5.25. The predicted octanol–water partition coefficient (Wildman–Crippen LogP) is 2.65. The van der Waals surface area contributed by atoms with Crippen LogP contribution in [0, 0.1) is 0 Å². The fourth-order valence-electron chi connectivity index (χ4n) is 1.41. The third-order valence-corrected chi connectivity index (χ3v) is 4.55. The standard InChI is InChI=1S/C11H15Cl2NO2S/c12-10-4-3-9(11(13)7-10)8-17(15,16)6-2-1-5-14/h3-4,7H,1-2,5-6,8,14H2. The van der Waals surface area contributed by atoms with Crippen LogP contribution in [0.5, 0.6) is 0 Å². The van der Waals surface area contributed by atoms with Gasteiger partial charge in [0.2, 0.25) is 0 Å². The summed E-state index contributed by atoms with van der Waals surface area (Å²) in [6, 6.07) is 4.83. The molecule has 0 heterocycles.